The highest BCUT2D eigenvalue weighted by atomic mass is 79.9. The van der Waals surface area contributed by atoms with Crippen molar-refractivity contribution in [2.75, 3.05) is 0 Å². The minimum Gasteiger partial charge on any atom is -0.368 e. The molecule has 2 rings (SSSR count). The molecule has 4 nitrogen and oxygen atoms in total. The van der Waals surface area contributed by atoms with Gasteiger partial charge in [0, 0.05) is 10.4 Å². The van der Waals surface area contributed by atoms with Crippen LogP contribution in [0.5, 0.6) is 0 Å². The van der Waals surface area contributed by atoms with Crippen molar-refractivity contribution in [3.05, 3.63) is 34.3 Å². The van der Waals surface area contributed by atoms with E-state index in [4.69, 9.17) is 5.73 Å². The predicted octanol–water partition coefficient (Wildman–Crippen LogP) is 1.50. The lowest BCUT2D eigenvalue weighted by Gasteiger charge is -2.15. The number of hydrogen-bond donors (Lipinski definition) is 2. The van der Waals surface area contributed by atoms with Crippen molar-refractivity contribution in [1.82, 2.24) is 5.32 Å². The topological polar surface area (TPSA) is 72.2 Å². The van der Waals surface area contributed by atoms with Crippen LogP contribution in [0.4, 0.5) is 0 Å². The third-order valence-electron chi connectivity index (χ3n) is 2.70. The molecule has 1 aliphatic carbocycles. The van der Waals surface area contributed by atoms with E-state index in [2.05, 4.69) is 21.2 Å². The Morgan fingerprint density at radius 3 is 2.65 bits per heavy atom. The monoisotopic (exact) mass is 296 g/mol. The van der Waals surface area contributed by atoms with Gasteiger partial charge in [0.25, 0.3) is 0 Å². The molecule has 0 aromatic heterocycles. The van der Waals surface area contributed by atoms with E-state index in [9.17, 15) is 9.59 Å². The van der Waals surface area contributed by atoms with Gasteiger partial charge in [-0.05, 0) is 30.5 Å². The fourth-order valence-corrected chi connectivity index (χ4v) is 2.03. The van der Waals surface area contributed by atoms with Crippen LogP contribution in [-0.2, 0) is 9.59 Å². The average Bonchev–Trinajstić information content (AvgIpc) is 3.08. The van der Waals surface area contributed by atoms with Crippen LogP contribution in [0.3, 0.4) is 0 Å². The molecule has 1 aromatic carbocycles. The third-order valence-corrected chi connectivity index (χ3v) is 3.19. The van der Waals surface area contributed by atoms with E-state index in [0.717, 1.165) is 17.3 Å². The number of nitrogens with one attached hydrogen (secondary N) is 1. The fourth-order valence-electron chi connectivity index (χ4n) is 1.61. The predicted molar refractivity (Wildman–Crippen MR) is 66.9 cm³/mol. The molecule has 1 unspecified atom stereocenters. The van der Waals surface area contributed by atoms with Crippen LogP contribution in [0, 0.1) is 5.92 Å². The maximum Gasteiger partial charge on any atom is 0.244 e. The first-order valence-electron chi connectivity index (χ1n) is 5.43. The normalized spacial score (nSPS) is 16.3. The van der Waals surface area contributed by atoms with Crippen molar-refractivity contribution < 1.29 is 9.59 Å². The van der Waals surface area contributed by atoms with Crippen LogP contribution in [0.2, 0.25) is 0 Å². The largest absolute Gasteiger partial charge is 0.368 e. The van der Waals surface area contributed by atoms with Gasteiger partial charge >= 0.3 is 0 Å². The summed E-state index contributed by atoms with van der Waals surface area (Å²) in [6.07, 6.45) is 1.80. The van der Waals surface area contributed by atoms with Gasteiger partial charge in [0.05, 0.1) is 0 Å². The summed E-state index contributed by atoms with van der Waals surface area (Å²) in [4.78, 5) is 23.0. The molecule has 0 bridgehead atoms. The summed E-state index contributed by atoms with van der Waals surface area (Å²) in [5.41, 5.74) is 6.01. The SMILES string of the molecule is NC(=O)C(NC(=O)C1CC1)c1cccc(Br)c1. The number of carbonyl (C=O) groups is 2. The Labute approximate surface area is 108 Å². The Morgan fingerprint density at radius 2 is 2.12 bits per heavy atom. The molecule has 1 fully saturated rings. The van der Waals surface area contributed by atoms with Crippen LogP contribution in [-0.4, -0.2) is 11.8 Å². The Kier molecular flexibility index (Phi) is 3.47. The van der Waals surface area contributed by atoms with Crippen molar-refractivity contribution in [3.63, 3.8) is 0 Å². The summed E-state index contributed by atoms with van der Waals surface area (Å²) in [6.45, 7) is 0. The number of rotatable bonds is 4. The van der Waals surface area contributed by atoms with Crippen LogP contribution in [0.15, 0.2) is 28.7 Å². The zero-order valence-corrected chi connectivity index (χ0v) is 10.7. The van der Waals surface area contributed by atoms with Crippen LogP contribution >= 0.6 is 15.9 Å². The van der Waals surface area contributed by atoms with Crippen molar-refractivity contribution >= 4 is 27.7 Å². The quantitative estimate of drug-likeness (QED) is 0.884. The molecular weight excluding hydrogens is 284 g/mol. The van der Waals surface area contributed by atoms with Crippen LogP contribution in [0.25, 0.3) is 0 Å². The number of benzene rings is 1. The van der Waals surface area contributed by atoms with E-state index < -0.39 is 11.9 Å². The smallest absolute Gasteiger partial charge is 0.244 e. The second-order valence-electron chi connectivity index (χ2n) is 4.17. The summed E-state index contributed by atoms with van der Waals surface area (Å²) in [5.74, 6) is -0.574. The van der Waals surface area contributed by atoms with Gasteiger partial charge in [-0.15, -0.1) is 0 Å². The lowest BCUT2D eigenvalue weighted by molar-refractivity contribution is -0.128. The summed E-state index contributed by atoms with van der Waals surface area (Å²) in [7, 11) is 0. The Hall–Kier alpha value is -1.36. The first-order valence-corrected chi connectivity index (χ1v) is 6.22. The van der Waals surface area contributed by atoms with E-state index in [0.29, 0.717) is 5.56 Å². The highest BCUT2D eigenvalue weighted by Gasteiger charge is 2.32. The fraction of sp³-hybridized carbons (Fsp3) is 0.333. The maximum absolute atomic E-state index is 11.6. The number of amides is 2. The van der Waals surface area contributed by atoms with Crippen molar-refractivity contribution in [2.24, 2.45) is 11.7 Å². The van der Waals surface area contributed by atoms with E-state index in [-0.39, 0.29) is 11.8 Å². The van der Waals surface area contributed by atoms with Gasteiger partial charge in [0.2, 0.25) is 11.8 Å². The standard InChI is InChI=1S/C12H13BrN2O2/c13-9-3-1-2-8(6-9)10(11(14)16)15-12(17)7-4-5-7/h1-3,6-7,10H,4-5H2,(H2,14,16)(H,15,17). The van der Waals surface area contributed by atoms with E-state index in [1.54, 1.807) is 18.2 Å². The Morgan fingerprint density at radius 1 is 1.41 bits per heavy atom. The number of halogens is 1. The van der Waals surface area contributed by atoms with Gasteiger partial charge < -0.3 is 11.1 Å². The lowest BCUT2D eigenvalue weighted by Crippen LogP contribution is -2.38. The molecule has 1 atom stereocenters. The lowest BCUT2D eigenvalue weighted by atomic mass is 10.1. The molecule has 0 radical (unpaired) electrons. The van der Waals surface area contributed by atoms with E-state index in [1.165, 1.54) is 0 Å². The van der Waals surface area contributed by atoms with Gasteiger partial charge in [-0.3, -0.25) is 9.59 Å². The zero-order valence-electron chi connectivity index (χ0n) is 9.15. The molecule has 1 aromatic rings. The molecule has 5 heteroatoms. The molecule has 17 heavy (non-hydrogen) atoms. The molecule has 0 aliphatic heterocycles. The Balaban J connectivity index is 2.16. The van der Waals surface area contributed by atoms with Crippen molar-refractivity contribution in [2.45, 2.75) is 18.9 Å². The molecule has 90 valence electrons. The van der Waals surface area contributed by atoms with Crippen LogP contribution < -0.4 is 11.1 Å². The first-order chi connectivity index (χ1) is 8.08. The highest BCUT2D eigenvalue weighted by molar-refractivity contribution is 9.10. The molecule has 0 saturated heterocycles. The van der Waals surface area contributed by atoms with Gasteiger partial charge in [-0.1, -0.05) is 28.1 Å². The zero-order chi connectivity index (χ0) is 12.4. The maximum atomic E-state index is 11.6. The molecular formula is C12H13BrN2O2. The minimum absolute atomic E-state index is 0.0593. The Bertz CT molecular complexity index is 458. The first kappa shape index (κ1) is 12.1. The number of hydrogen-bond acceptors (Lipinski definition) is 2. The summed E-state index contributed by atoms with van der Waals surface area (Å²) in [5, 5.41) is 2.69. The minimum atomic E-state index is -0.749. The number of primary amides is 1. The average molecular weight is 297 g/mol. The van der Waals surface area contributed by atoms with Gasteiger partial charge in [0.15, 0.2) is 0 Å². The van der Waals surface area contributed by atoms with Crippen molar-refractivity contribution in [1.29, 1.82) is 0 Å². The second-order valence-corrected chi connectivity index (χ2v) is 5.09. The third kappa shape index (κ3) is 3.06. The van der Waals surface area contributed by atoms with Gasteiger partial charge in [-0.2, -0.15) is 0 Å². The van der Waals surface area contributed by atoms with E-state index >= 15 is 0 Å². The number of nitrogens with two attached hydrogens (primary N) is 1. The van der Waals surface area contributed by atoms with E-state index in [1.807, 2.05) is 6.07 Å². The summed E-state index contributed by atoms with van der Waals surface area (Å²) < 4.78 is 0.849. The van der Waals surface area contributed by atoms with Gasteiger partial charge in [0.1, 0.15) is 6.04 Å². The molecule has 2 amide bonds. The molecule has 1 saturated carbocycles. The summed E-state index contributed by atoms with van der Waals surface area (Å²) >= 11 is 3.32. The second kappa shape index (κ2) is 4.87. The molecule has 0 heterocycles. The van der Waals surface area contributed by atoms with Crippen molar-refractivity contribution in [3.8, 4) is 0 Å². The highest BCUT2D eigenvalue weighted by Crippen LogP contribution is 2.30. The molecule has 3 N–H and O–H groups in total. The van der Waals surface area contributed by atoms with Gasteiger partial charge in [-0.25, -0.2) is 0 Å². The van der Waals surface area contributed by atoms with Crippen LogP contribution in [0.1, 0.15) is 24.4 Å². The molecule has 1 aliphatic rings. The number of carbonyl (C=O) groups excluding carboxylic acids is 2. The summed E-state index contributed by atoms with van der Waals surface area (Å²) in [6, 6.07) is 6.46. The molecule has 0 spiro atoms.